The van der Waals surface area contributed by atoms with Gasteiger partial charge in [-0.2, -0.15) is 23.5 Å². The second-order valence-corrected chi connectivity index (χ2v) is 9.97. The van der Waals surface area contributed by atoms with Crippen LogP contribution in [0, 0.1) is 0 Å². The predicted molar refractivity (Wildman–Crippen MR) is 95.3 cm³/mol. The van der Waals surface area contributed by atoms with Gasteiger partial charge in [0, 0.05) is 45.3 Å². The lowest BCUT2D eigenvalue weighted by atomic mass is 9.93. The zero-order chi connectivity index (χ0) is 14.8. The number of thioether (sulfide) groups is 2. The van der Waals surface area contributed by atoms with Crippen LogP contribution >= 0.6 is 34.9 Å². The highest BCUT2D eigenvalue weighted by Gasteiger charge is 2.30. The lowest BCUT2D eigenvalue weighted by Crippen LogP contribution is -2.43. The number of thiazole rings is 1. The summed E-state index contributed by atoms with van der Waals surface area (Å²) in [6.07, 6.45) is 2.15. The first-order chi connectivity index (χ1) is 9.41. The Kier molecular flexibility index (Phi) is 5.86. The first-order valence-corrected chi connectivity index (χ1v) is 10.3. The third-order valence-corrected chi connectivity index (χ3v) is 7.95. The number of hydrogen-bond acceptors (Lipinski definition) is 5. The smallest absolute Gasteiger partial charge is 0.0944 e. The van der Waals surface area contributed by atoms with Crippen LogP contribution in [0.15, 0.2) is 5.38 Å². The van der Waals surface area contributed by atoms with Crippen LogP contribution in [0.5, 0.6) is 0 Å². The molecule has 114 valence electrons. The van der Waals surface area contributed by atoms with E-state index in [0.717, 1.165) is 6.42 Å². The molecule has 3 unspecified atom stereocenters. The van der Waals surface area contributed by atoms with Crippen LogP contribution in [-0.2, 0) is 11.8 Å². The highest BCUT2D eigenvalue weighted by atomic mass is 32.2. The second kappa shape index (κ2) is 7.03. The van der Waals surface area contributed by atoms with Crippen molar-refractivity contribution in [2.24, 2.45) is 5.73 Å². The van der Waals surface area contributed by atoms with Crippen molar-refractivity contribution in [2.45, 2.75) is 62.5 Å². The molecular weight excluding hydrogens is 304 g/mol. The topological polar surface area (TPSA) is 38.9 Å². The minimum Gasteiger partial charge on any atom is -0.326 e. The molecule has 1 aliphatic rings. The summed E-state index contributed by atoms with van der Waals surface area (Å²) < 4.78 is 0. The van der Waals surface area contributed by atoms with Gasteiger partial charge in [0.25, 0.3) is 0 Å². The Labute approximate surface area is 135 Å². The maximum absolute atomic E-state index is 6.50. The van der Waals surface area contributed by atoms with Gasteiger partial charge < -0.3 is 5.73 Å². The zero-order valence-electron chi connectivity index (χ0n) is 12.9. The lowest BCUT2D eigenvalue weighted by molar-refractivity contribution is 0.563. The highest BCUT2D eigenvalue weighted by molar-refractivity contribution is 8.07. The van der Waals surface area contributed by atoms with E-state index in [-0.39, 0.29) is 11.5 Å². The summed E-state index contributed by atoms with van der Waals surface area (Å²) in [7, 11) is 0. The average Bonchev–Trinajstić information content (AvgIpc) is 2.87. The molecule has 0 radical (unpaired) electrons. The van der Waals surface area contributed by atoms with Crippen LogP contribution in [0.2, 0.25) is 0 Å². The van der Waals surface area contributed by atoms with Gasteiger partial charge in [0.05, 0.1) is 10.7 Å². The van der Waals surface area contributed by atoms with Crippen LogP contribution in [0.4, 0.5) is 0 Å². The molecule has 0 bridgehead atoms. The Hall–Kier alpha value is 0.290. The molecule has 20 heavy (non-hydrogen) atoms. The molecule has 3 atom stereocenters. The molecule has 1 aliphatic heterocycles. The summed E-state index contributed by atoms with van der Waals surface area (Å²) in [5.74, 6) is 2.52. The molecule has 1 aromatic heterocycles. The van der Waals surface area contributed by atoms with Crippen LogP contribution < -0.4 is 5.73 Å². The largest absolute Gasteiger partial charge is 0.326 e. The molecule has 1 saturated heterocycles. The van der Waals surface area contributed by atoms with E-state index in [1.54, 1.807) is 11.3 Å². The van der Waals surface area contributed by atoms with Crippen molar-refractivity contribution in [2.75, 3.05) is 11.5 Å². The van der Waals surface area contributed by atoms with E-state index in [1.807, 2.05) is 0 Å². The maximum Gasteiger partial charge on any atom is 0.0944 e. The third kappa shape index (κ3) is 4.15. The lowest BCUT2D eigenvalue weighted by Gasteiger charge is -2.33. The molecule has 1 fully saturated rings. The molecule has 0 aromatic carbocycles. The zero-order valence-corrected chi connectivity index (χ0v) is 15.3. The fraction of sp³-hybridized carbons (Fsp3) is 0.800. The molecule has 1 aromatic rings. The summed E-state index contributed by atoms with van der Waals surface area (Å²) >= 11 is 5.94. The first-order valence-electron chi connectivity index (χ1n) is 7.35. The quantitative estimate of drug-likeness (QED) is 0.907. The number of rotatable bonds is 4. The summed E-state index contributed by atoms with van der Waals surface area (Å²) in [5, 5.41) is 4.70. The second-order valence-electron chi connectivity index (χ2n) is 6.40. The monoisotopic (exact) mass is 330 g/mol. The normalized spacial score (nSPS) is 25.6. The Bertz CT molecular complexity index is 425. The van der Waals surface area contributed by atoms with Gasteiger partial charge in [-0.3, -0.25) is 0 Å². The molecule has 0 amide bonds. The van der Waals surface area contributed by atoms with Crippen LogP contribution in [0.3, 0.4) is 0 Å². The molecule has 0 saturated carbocycles. The van der Waals surface area contributed by atoms with Crippen molar-refractivity contribution in [3.8, 4) is 0 Å². The van der Waals surface area contributed by atoms with Crippen molar-refractivity contribution in [3.05, 3.63) is 16.1 Å². The minimum atomic E-state index is 0.139. The Balaban J connectivity index is 2.00. The van der Waals surface area contributed by atoms with Crippen LogP contribution in [0.25, 0.3) is 0 Å². The maximum atomic E-state index is 6.50. The van der Waals surface area contributed by atoms with Crippen molar-refractivity contribution in [1.82, 2.24) is 4.98 Å². The standard InChI is InChI=1S/C15H26N2S3/c1-5-11-14(19-7-6-18-11)10(16)8-13-17-12(9-20-13)15(2,3)4/h9-11,14H,5-8,16H2,1-4H3. The first kappa shape index (κ1) is 16.7. The Morgan fingerprint density at radius 3 is 2.65 bits per heavy atom. The summed E-state index contributed by atoms with van der Waals surface area (Å²) in [6, 6.07) is 0.233. The Morgan fingerprint density at radius 2 is 2.05 bits per heavy atom. The van der Waals surface area contributed by atoms with Crippen molar-refractivity contribution in [1.29, 1.82) is 0 Å². The fourth-order valence-electron chi connectivity index (χ4n) is 2.40. The van der Waals surface area contributed by atoms with Crippen molar-refractivity contribution >= 4 is 34.9 Å². The molecule has 2 nitrogen and oxygen atoms in total. The third-order valence-electron chi connectivity index (χ3n) is 3.65. The van der Waals surface area contributed by atoms with Crippen LogP contribution in [-0.4, -0.2) is 33.0 Å². The van der Waals surface area contributed by atoms with Gasteiger partial charge in [0.15, 0.2) is 0 Å². The fourth-order valence-corrected chi connectivity index (χ4v) is 6.69. The Morgan fingerprint density at radius 1 is 1.35 bits per heavy atom. The predicted octanol–water partition coefficient (Wildman–Crippen LogP) is 3.94. The van der Waals surface area contributed by atoms with E-state index in [0.29, 0.717) is 10.5 Å². The minimum absolute atomic E-state index is 0.139. The van der Waals surface area contributed by atoms with E-state index < -0.39 is 0 Å². The van der Waals surface area contributed by atoms with Crippen LogP contribution in [0.1, 0.15) is 44.8 Å². The number of nitrogens with two attached hydrogens (primary N) is 1. The number of nitrogens with zero attached hydrogens (tertiary/aromatic N) is 1. The van der Waals surface area contributed by atoms with Gasteiger partial charge in [0.2, 0.25) is 0 Å². The van der Waals surface area contributed by atoms with E-state index in [2.05, 4.69) is 56.6 Å². The molecule has 0 aliphatic carbocycles. The van der Waals surface area contributed by atoms with E-state index in [1.165, 1.54) is 28.6 Å². The number of hydrogen-bond donors (Lipinski definition) is 1. The van der Waals surface area contributed by atoms with Gasteiger partial charge in [-0.25, -0.2) is 4.98 Å². The molecule has 5 heteroatoms. The highest BCUT2D eigenvalue weighted by Crippen LogP contribution is 2.35. The summed E-state index contributed by atoms with van der Waals surface area (Å²) in [5.41, 5.74) is 7.83. The van der Waals surface area contributed by atoms with Crippen molar-refractivity contribution in [3.63, 3.8) is 0 Å². The molecule has 2 rings (SSSR count). The van der Waals surface area contributed by atoms with E-state index in [4.69, 9.17) is 10.7 Å². The SMILES string of the molecule is CCC1SCCSC1C(N)Cc1nc(C(C)(C)C)cs1. The van der Waals surface area contributed by atoms with Gasteiger partial charge in [-0.15, -0.1) is 11.3 Å². The molecule has 2 heterocycles. The van der Waals surface area contributed by atoms with E-state index >= 15 is 0 Å². The molecule has 0 spiro atoms. The molecular formula is C15H26N2S3. The summed E-state index contributed by atoms with van der Waals surface area (Å²) in [4.78, 5) is 4.79. The number of aromatic nitrogens is 1. The van der Waals surface area contributed by atoms with Gasteiger partial charge >= 0.3 is 0 Å². The molecule has 2 N–H and O–H groups in total. The van der Waals surface area contributed by atoms with Gasteiger partial charge in [-0.1, -0.05) is 27.7 Å². The van der Waals surface area contributed by atoms with Gasteiger partial charge in [-0.05, 0) is 6.42 Å². The van der Waals surface area contributed by atoms with E-state index in [9.17, 15) is 0 Å². The van der Waals surface area contributed by atoms with Crippen molar-refractivity contribution < 1.29 is 0 Å². The average molecular weight is 331 g/mol. The summed E-state index contributed by atoms with van der Waals surface area (Å²) in [6.45, 7) is 8.93. The van der Waals surface area contributed by atoms with Gasteiger partial charge in [0.1, 0.15) is 0 Å².